The highest BCUT2D eigenvalue weighted by molar-refractivity contribution is 5.36. The Morgan fingerprint density at radius 1 is 1.29 bits per heavy atom. The highest BCUT2D eigenvalue weighted by Gasteiger charge is 2.47. The maximum atomic E-state index is 10.5. The molecule has 0 amide bonds. The van der Waals surface area contributed by atoms with Crippen LogP contribution in [0.2, 0.25) is 0 Å². The van der Waals surface area contributed by atoms with Crippen LogP contribution in [-0.2, 0) is 4.74 Å². The molecular weight excluding hydrogens is 286 g/mol. The number of hydrogen-bond acceptors (Lipinski definition) is 8. The fourth-order valence-corrected chi connectivity index (χ4v) is 1.97. The van der Waals surface area contributed by atoms with Crippen LogP contribution in [0.15, 0.2) is 24.3 Å². The second kappa shape index (κ2) is 6.33. The van der Waals surface area contributed by atoms with Crippen LogP contribution < -0.4 is 4.74 Å². The van der Waals surface area contributed by atoms with Crippen LogP contribution in [-0.4, -0.2) is 62.7 Å². The first-order valence-electron chi connectivity index (χ1n) is 6.15. The van der Waals surface area contributed by atoms with Crippen molar-refractivity contribution in [3.63, 3.8) is 0 Å². The van der Waals surface area contributed by atoms with Gasteiger partial charge in [-0.1, -0.05) is 0 Å². The van der Waals surface area contributed by atoms with Gasteiger partial charge in [0.25, 0.3) is 5.69 Å². The summed E-state index contributed by atoms with van der Waals surface area (Å²) in [6, 6.07) is 5.06. The lowest BCUT2D eigenvalue weighted by molar-refractivity contribution is -0.384. The molecule has 1 aromatic carbocycles. The fraction of sp³-hybridized carbons (Fsp3) is 0.500. The monoisotopic (exact) mass is 301 g/mol. The summed E-state index contributed by atoms with van der Waals surface area (Å²) in [7, 11) is 0. The van der Waals surface area contributed by atoms with Crippen molar-refractivity contribution >= 4 is 5.69 Å². The molecule has 0 aromatic heterocycles. The van der Waals surface area contributed by atoms with Gasteiger partial charge in [-0.05, 0) is 12.1 Å². The third-order valence-electron chi connectivity index (χ3n) is 3.12. The summed E-state index contributed by atoms with van der Waals surface area (Å²) in [6.07, 6.45) is -6.65. The number of ether oxygens (including phenoxy) is 2. The van der Waals surface area contributed by atoms with E-state index in [9.17, 15) is 25.4 Å². The normalized spacial score (nSPS) is 30.1. The van der Waals surface area contributed by atoms with Crippen LogP contribution in [0.4, 0.5) is 5.69 Å². The Morgan fingerprint density at radius 3 is 2.43 bits per heavy atom. The topological polar surface area (TPSA) is 143 Å². The Labute approximate surface area is 119 Å². The van der Waals surface area contributed by atoms with E-state index in [-0.39, 0.29) is 11.4 Å². The van der Waals surface area contributed by atoms with Crippen molar-refractivity contribution in [1.29, 1.82) is 0 Å². The van der Waals surface area contributed by atoms with Crippen molar-refractivity contribution in [3.05, 3.63) is 34.4 Å². The number of aliphatic hydroxyl groups is 4. The highest BCUT2D eigenvalue weighted by Crippen LogP contribution is 2.27. The smallest absolute Gasteiger partial charge is 0.269 e. The van der Waals surface area contributed by atoms with E-state index < -0.39 is 42.2 Å². The maximum Gasteiger partial charge on any atom is 0.269 e. The molecule has 1 heterocycles. The van der Waals surface area contributed by atoms with Gasteiger partial charge in [-0.3, -0.25) is 10.1 Å². The van der Waals surface area contributed by atoms with Crippen LogP contribution >= 0.6 is 0 Å². The highest BCUT2D eigenvalue weighted by atomic mass is 16.7. The zero-order valence-corrected chi connectivity index (χ0v) is 10.8. The molecule has 4 N–H and O–H groups in total. The first-order chi connectivity index (χ1) is 9.93. The van der Waals surface area contributed by atoms with Crippen molar-refractivity contribution in [2.24, 2.45) is 0 Å². The number of aliphatic hydroxyl groups excluding tert-OH is 4. The summed E-state index contributed by atoms with van der Waals surface area (Å²) in [5, 5.41) is 48.3. The number of benzene rings is 1. The molecule has 0 spiro atoms. The Bertz CT molecular complexity index is 493. The van der Waals surface area contributed by atoms with Crippen LogP contribution in [0.3, 0.4) is 0 Å². The van der Waals surface area contributed by atoms with E-state index in [4.69, 9.17) is 14.6 Å². The molecule has 0 bridgehead atoms. The molecule has 4 unspecified atom stereocenters. The molecule has 1 saturated heterocycles. The summed E-state index contributed by atoms with van der Waals surface area (Å²) in [4.78, 5) is 9.95. The van der Waals surface area contributed by atoms with Crippen LogP contribution in [0.1, 0.15) is 0 Å². The van der Waals surface area contributed by atoms with E-state index in [1.807, 2.05) is 0 Å². The third-order valence-corrected chi connectivity index (χ3v) is 3.12. The average molecular weight is 301 g/mol. The van der Waals surface area contributed by atoms with E-state index in [0.29, 0.717) is 0 Å². The summed E-state index contributed by atoms with van der Waals surface area (Å²) < 4.78 is 10.4. The Hall–Kier alpha value is -1.78. The predicted molar refractivity (Wildman–Crippen MR) is 67.5 cm³/mol. The maximum absolute atomic E-state index is 10.5. The Kier molecular flexibility index (Phi) is 4.70. The number of hydrogen-bond donors (Lipinski definition) is 4. The van der Waals surface area contributed by atoms with Gasteiger partial charge >= 0.3 is 0 Å². The minimum Gasteiger partial charge on any atom is -0.462 e. The predicted octanol–water partition coefficient (Wildman–Crippen LogP) is -1.23. The van der Waals surface area contributed by atoms with Crippen LogP contribution in [0.5, 0.6) is 5.75 Å². The summed E-state index contributed by atoms with van der Waals surface area (Å²) in [6.45, 7) is -0.640. The van der Waals surface area contributed by atoms with E-state index in [2.05, 4.69) is 0 Å². The molecular formula is C12H15NO8. The SMILES string of the molecule is O=[N+]([O-])c1ccc(OC2OC([C@@H](O)CO)C(O)C2O)cc1. The van der Waals surface area contributed by atoms with Gasteiger partial charge in [0, 0.05) is 12.1 Å². The van der Waals surface area contributed by atoms with Crippen molar-refractivity contribution in [2.75, 3.05) is 6.61 Å². The van der Waals surface area contributed by atoms with Crippen molar-refractivity contribution < 1.29 is 34.8 Å². The number of nitro benzene ring substituents is 1. The third kappa shape index (κ3) is 3.28. The molecule has 0 radical (unpaired) electrons. The molecule has 9 nitrogen and oxygen atoms in total. The Morgan fingerprint density at radius 2 is 1.90 bits per heavy atom. The zero-order chi connectivity index (χ0) is 15.6. The molecule has 5 atom stereocenters. The quantitative estimate of drug-likeness (QED) is 0.391. The van der Waals surface area contributed by atoms with Crippen molar-refractivity contribution in [1.82, 2.24) is 0 Å². The fourth-order valence-electron chi connectivity index (χ4n) is 1.97. The first kappa shape index (κ1) is 15.6. The van der Waals surface area contributed by atoms with Gasteiger partial charge < -0.3 is 29.9 Å². The summed E-state index contributed by atoms with van der Waals surface area (Å²) in [5.74, 6) is 0.191. The number of nitro groups is 1. The largest absolute Gasteiger partial charge is 0.462 e. The summed E-state index contributed by atoms with van der Waals surface area (Å²) in [5.41, 5.74) is -0.121. The molecule has 0 saturated carbocycles. The number of rotatable bonds is 5. The lowest BCUT2D eigenvalue weighted by Gasteiger charge is -2.18. The van der Waals surface area contributed by atoms with E-state index in [1.54, 1.807) is 0 Å². The molecule has 21 heavy (non-hydrogen) atoms. The van der Waals surface area contributed by atoms with Crippen molar-refractivity contribution in [3.8, 4) is 5.75 Å². The van der Waals surface area contributed by atoms with Gasteiger partial charge in [-0.15, -0.1) is 0 Å². The van der Waals surface area contributed by atoms with Gasteiger partial charge in [0.1, 0.15) is 30.2 Å². The van der Waals surface area contributed by atoms with Gasteiger partial charge in [0.05, 0.1) is 11.5 Å². The van der Waals surface area contributed by atoms with Gasteiger partial charge in [-0.25, -0.2) is 0 Å². The van der Waals surface area contributed by atoms with Crippen LogP contribution in [0, 0.1) is 10.1 Å². The lowest BCUT2D eigenvalue weighted by atomic mass is 10.1. The second-order valence-electron chi connectivity index (χ2n) is 4.57. The molecule has 1 fully saturated rings. The molecule has 116 valence electrons. The standard InChI is InChI=1S/C12H15NO8/c14-5-8(15)11-9(16)10(17)12(21-11)20-7-3-1-6(2-4-7)13(18)19/h1-4,8-12,14-17H,5H2/t8-,9?,10?,11?,12?/m0/s1. The zero-order valence-electron chi connectivity index (χ0n) is 10.8. The van der Waals surface area contributed by atoms with E-state index in [1.165, 1.54) is 24.3 Å². The Balaban J connectivity index is 2.04. The minimum atomic E-state index is -1.42. The number of non-ortho nitro benzene ring substituents is 1. The number of nitrogens with zero attached hydrogens (tertiary/aromatic N) is 1. The van der Waals surface area contributed by atoms with Gasteiger partial charge in [0.2, 0.25) is 6.29 Å². The lowest BCUT2D eigenvalue weighted by Crippen LogP contribution is -2.40. The van der Waals surface area contributed by atoms with Crippen molar-refractivity contribution in [2.45, 2.75) is 30.7 Å². The van der Waals surface area contributed by atoms with Crippen LogP contribution in [0.25, 0.3) is 0 Å². The average Bonchev–Trinajstić information content (AvgIpc) is 2.75. The van der Waals surface area contributed by atoms with E-state index in [0.717, 1.165) is 0 Å². The van der Waals surface area contributed by atoms with E-state index >= 15 is 0 Å². The van der Waals surface area contributed by atoms with Gasteiger partial charge in [0.15, 0.2) is 0 Å². The molecule has 2 rings (SSSR count). The minimum absolute atomic E-state index is 0.121. The molecule has 1 aliphatic heterocycles. The summed E-state index contributed by atoms with van der Waals surface area (Å²) >= 11 is 0. The molecule has 0 aliphatic carbocycles. The second-order valence-corrected chi connectivity index (χ2v) is 4.57. The molecule has 9 heteroatoms. The van der Waals surface area contributed by atoms with Gasteiger partial charge in [-0.2, -0.15) is 0 Å². The molecule has 1 aromatic rings. The first-order valence-corrected chi connectivity index (χ1v) is 6.15. The molecule has 1 aliphatic rings.